The molecule has 122 valence electrons. The van der Waals surface area contributed by atoms with E-state index in [0.717, 1.165) is 18.6 Å². The first-order valence-corrected chi connectivity index (χ1v) is 10.3. The predicted octanol–water partition coefficient (Wildman–Crippen LogP) is 4.77. The summed E-state index contributed by atoms with van der Waals surface area (Å²) >= 11 is 0. The summed E-state index contributed by atoms with van der Waals surface area (Å²) in [6.45, 7) is 13.7. The van der Waals surface area contributed by atoms with Gasteiger partial charge < -0.3 is 13.9 Å². The van der Waals surface area contributed by atoms with Gasteiger partial charge in [-0.1, -0.05) is 41.5 Å². The molecule has 1 aromatic rings. The van der Waals surface area contributed by atoms with Crippen LogP contribution in [-0.2, 0) is 10.8 Å². The van der Waals surface area contributed by atoms with Crippen LogP contribution in [0.25, 0.3) is 0 Å². The van der Waals surface area contributed by atoms with Crippen molar-refractivity contribution in [1.29, 1.82) is 0 Å². The predicted molar refractivity (Wildman–Crippen MR) is 90.0 cm³/mol. The van der Waals surface area contributed by atoms with Gasteiger partial charge in [0.25, 0.3) is 0 Å². The minimum atomic E-state index is -1.92. The first-order chi connectivity index (χ1) is 9.84. The molecule has 0 radical (unpaired) electrons. The van der Waals surface area contributed by atoms with Gasteiger partial charge in [0.15, 0.2) is 0 Å². The normalized spacial score (nSPS) is 14.4. The van der Waals surface area contributed by atoms with Gasteiger partial charge in [0, 0.05) is 6.42 Å². The van der Waals surface area contributed by atoms with Crippen LogP contribution in [0.2, 0.25) is 16.6 Å². The molecule has 0 saturated carbocycles. The molecule has 1 aromatic heterocycles. The summed E-state index contributed by atoms with van der Waals surface area (Å²) in [5.41, 5.74) is 1.61. The summed E-state index contributed by atoms with van der Waals surface area (Å²) in [6, 6.07) is 3.88. The zero-order valence-corrected chi connectivity index (χ0v) is 15.4. The number of rotatable bonds is 9. The van der Waals surface area contributed by atoms with Crippen LogP contribution in [0.5, 0.6) is 0 Å². The fourth-order valence-corrected chi connectivity index (χ4v) is 9.23. The molecule has 0 saturated heterocycles. The standard InChI is InChI=1S/C17H32O3Si/c1-13(2)21(14(3)4,15(5)6)20-17(12-18)10-9-16-8-7-11-19-16/h7-8,11,13-15,17-18H,9-10,12H2,1-6H3. The van der Waals surface area contributed by atoms with E-state index in [4.69, 9.17) is 8.84 Å². The van der Waals surface area contributed by atoms with E-state index in [1.54, 1.807) is 6.26 Å². The molecular weight excluding hydrogens is 280 g/mol. The fraction of sp³-hybridized carbons (Fsp3) is 0.765. The van der Waals surface area contributed by atoms with Gasteiger partial charge in [-0.2, -0.15) is 0 Å². The Balaban J connectivity index is 2.78. The Bertz CT molecular complexity index is 363. The van der Waals surface area contributed by atoms with Crippen molar-refractivity contribution in [3.05, 3.63) is 24.2 Å². The molecule has 0 spiro atoms. The van der Waals surface area contributed by atoms with Crippen molar-refractivity contribution in [2.45, 2.75) is 77.1 Å². The van der Waals surface area contributed by atoms with E-state index in [-0.39, 0.29) is 12.7 Å². The van der Waals surface area contributed by atoms with Gasteiger partial charge in [0.2, 0.25) is 8.32 Å². The highest BCUT2D eigenvalue weighted by molar-refractivity contribution is 6.77. The van der Waals surface area contributed by atoms with Crippen LogP contribution in [-0.4, -0.2) is 26.1 Å². The highest BCUT2D eigenvalue weighted by Gasteiger charge is 2.46. The van der Waals surface area contributed by atoms with Crippen LogP contribution >= 0.6 is 0 Å². The number of aryl methyl sites for hydroxylation is 1. The lowest BCUT2D eigenvalue weighted by atomic mass is 10.2. The minimum absolute atomic E-state index is 0.0849. The van der Waals surface area contributed by atoms with Crippen molar-refractivity contribution in [2.75, 3.05) is 6.61 Å². The van der Waals surface area contributed by atoms with E-state index in [1.165, 1.54) is 0 Å². The monoisotopic (exact) mass is 312 g/mol. The number of aliphatic hydroxyl groups excluding tert-OH is 1. The Hall–Kier alpha value is -0.583. The lowest BCUT2D eigenvalue weighted by molar-refractivity contribution is 0.0911. The molecule has 1 atom stereocenters. The SMILES string of the molecule is CC(C)[Si](OC(CO)CCc1ccco1)(C(C)C)C(C)C. The van der Waals surface area contributed by atoms with Crippen LogP contribution < -0.4 is 0 Å². The lowest BCUT2D eigenvalue weighted by Crippen LogP contribution is -2.51. The zero-order chi connectivity index (χ0) is 16.0. The molecule has 0 aliphatic heterocycles. The number of aliphatic hydroxyl groups is 1. The first kappa shape index (κ1) is 18.5. The highest BCUT2D eigenvalue weighted by atomic mass is 28.4. The molecule has 0 aromatic carbocycles. The number of hydrogen-bond acceptors (Lipinski definition) is 3. The van der Waals surface area contributed by atoms with Crippen LogP contribution in [0.1, 0.15) is 53.7 Å². The fourth-order valence-electron chi connectivity index (χ4n) is 3.64. The van der Waals surface area contributed by atoms with Crippen molar-refractivity contribution in [2.24, 2.45) is 0 Å². The second-order valence-electron chi connectivity index (χ2n) is 6.86. The molecule has 3 nitrogen and oxygen atoms in total. The van der Waals surface area contributed by atoms with E-state index in [2.05, 4.69) is 41.5 Å². The molecule has 0 aliphatic rings. The Morgan fingerprint density at radius 2 is 1.67 bits per heavy atom. The van der Waals surface area contributed by atoms with Crippen molar-refractivity contribution in [1.82, 2.24) is 0 Å². The van der Waals surface area contributed by atoms with Gasteiger partial charge in [0.05, 0.1) is 19.0 Å². The quantitative estimate of drug-likeness (QED) is 0.668. The molecule has 0 bridgehead atoms. The minimum Gasteiger partial charge on any atom is -0.469 e. The van der Waals surface area contributed by atoms with E-state index in [9.17, 15) is 5.11 Å². The second-order valence-corrected chi connectivity index (χ2v) is 12.3. The van der Waals surface area contributed by atoms with Crippen LogP contribution in [0.15, 0.2) is 22.8 Å². The summed E-state index contributed by atoms with van der Waals surface area (Å²) < 4.78 is 12.0. The van der Waals surface area contributed by atoms with Gasteiger partial charge in [-0.15, -0.1) is 0 Å². The molecule has 1 heterocycles. The van der Waals surface area contributed by atoms with Gasteiger partial charge in [-0.25, -0.2) is 0 Å². The lowest BCUT2D eigenvalue weighted by Gasteiger charge is -2.44. The third kappa shape index (κ3) is 4.44. The average molecular weight is 313 g/mol. The van der Waals surface area contributed by atoms with Gasteiger partial charge in [-0.05, 0) is 35.2 Å². The molecule has 0 amide bonds. The molecule has 4 heteroatoms. The number of furan rings is 1. The Kier molecular flexibility index (Phi) is 7.17. The van der Waals surface area contributed by atoms with Crippen LogP contribution in [0.3, 0.4) is 0 Å². The molecule has 21 heavy (non-hydrogen) atoms. The molecule has 1 rings (SSSR count). The molecule has 0 aliphatic carbocycles. The molecule has 0 fully saturated rings. The average Bonchev–Trinajstić information content (AvgIpc) is 2.91. The van der Waals surface area contributed by atoms with Crippen molar-refractivity contribution in [3.8, 4) is 0 Å². The summed E-state index contributed by atoms with van der Waals surface area (Å²) in [7, 11) is -1.92. The van der Waals surface area contributed by atoms with Gasteiger partial charge >= 0.3 is 0 Å². The zero-order valence-electron chi connectivity index (χ0n) is 14.4. The van der Waals surface area contributed by atoms with Crippen LogP contribution in [0, 0.1) is 0 Å². The molecular formula is C17H32O3Si. The van der Waals surface area contributed by atoms with E-state index in [0.29, 0.717) is 16.6 Å². The highest BCUT2D eigenvalue weighted by Crippen LogP contribution is 2.43. The Labute approximate surface area is 130 Å². The number of hydrogen-bond donors (Lipinski definition) is 1. The maximum atomic E-state index is 9.73. The van der Waals surface area contributed by atoms with Gasteiger partial charge in [0.1, 0.15) is 5.76 Å². The van der Waals surface area contributed by atoms with Crippen molar-refractivity contribution in [3.63, 3.8) is 0 Å². The third-order valence-electron chi connectivity index (χ3n) is 4.57. The first-order valence-electron chi connectivity index (χ1n) is 8.15. The smallest absolute Gasteiger partial charge is 0.200 e. The third-order valence-corrected chi connectivity index (χ3v) is 10.7. The second kappa shape index (κ2) is 8.16. The summed E-state index contributed by atoms with van der Waals surface area (Å²) in [4.78, 5) is 0. The Morgan fingerprint density at radius 3 is 2.05 bits per heavy atom. The summed E-state index contributed by atoms with van der Waals surface area (Å²) in [5, 5.41) is 9.73. The molecule has 1 N–H and O–H groups in total. The van der Waals surface area contributed by atoms with E-state index < -0.39 is 8.32 Å². The molecule has 1 unspecified atom stereocenters. The maximum absolute atomic E-state index is 9.73. The summed E-state index contributed by atoms with van der Waals surface area (Å²) in [5.74, 6) is 0.961. The topological polar surface area (TPSA) is 42.6 Å². The van der Waals surface area contributed by atoms with E-state index in [1.807, 2.05) is 12.1 Å². The Morgan fingerprint density at radius 1 is 1.10 bits per heavy atom. The van der Waals surface area contributed by atoms with E-state index >= 15 is 0 Å². The summed E-state index contributed by atoms with van der Waals surface area (Å²) in [6.07, 6.45) is 3.23. The van der Waals surface area contributed by atoms with Crippen molar-refractivity contribution >= 4 is 8.32 Å². The van der Waals surface area contributed by atoms with Crippen LogP contribution in [0.4, 0.5) is 0 Å². The maximum Gasteiger partial charge on any atom is 0.200 e. The van der Waals surface area contributed by atoms with Crippen molar-refractivity contribution < 1.29 is 13.9 Å². The largest absolute Gasteiger partial charge is 0.469 e. The van der Waals surface area contributed by atoms with Gasteiger partial charge in [-0.3, -0.25) is 0 Å².